The zero-order chi connectivity index (χ0) is 20.1. The van der Waals surface area contributed by atoms with Crippen LogP contribution in [0.3, 0.4) is 0 Å². The molecule has 5 nitrogen and oxygen atoms in total. The molecule has 0 aromatic carbocycles. The van der Waals surface area contributed by atoms with Crippen molar-refractivity contribution in [1.29, 1.82) is 0 Å². The molecule has 0 radical (unpaired) electrons. The Morgan fingerprint density at radius 2 is 1.96 bits per heavy atom. The highest BCUT2D eigenvalue weighted by molar-refractivity contribution is 5.83. The number of ketones is 1. The number of allylic oxidation sites excluding steroid dienone is 1. The summed E-state index contributed by atoms with van der Waals surface area (Å²) in [6.45, 7) is 6.35. The molecule has 3 fully saturated rings. The normalized spacial score (nSPS) is 44.5. The standard InChI is InChI=1S/C23H34N2O3/c1-14(26)28-16-8-10-22(2)15(12-16)4-5-17-18-6-7-20(21(27)13-25-24)23(18,3)11-9-19(17)22/h4,16-20,25H,5-13H2,1-3H3/t16-,17-,18-,19-,20+,22-,23-/m0/s1. The van der Waals surface area contributed by atoms with Gasteiger partial charge in [-0.2, -0.15) is 0 Å². The van der Waals surface area contributed by atoms with Crippen LogP contribution in [0.15, 0.2) is 11.6 Å². The minimum atomic E-state index is -0.171. The number of nitrogens with zero attached hydrogens (tertiary/aromatic N) is 1. The van der Waals surface area contributed by atoms with Crippen molar-refractivity contribution < 1.29 is 19.4 Å². The number of carbonyl (C=O) groups is 2. The Morgan fingerprint density at radius 1 is 1.18 bits per heavy atom. The van der Waals surface area contributed by atoms with Crippen molar-refractivity contribution in [3.63, 3.8) is 0 Å². The molecule has 0 unspecified atom stereocenters. The monoisotopic (exact) mass is 386 g/mol. The van der Waals surface area contributed by atoms with Crippen molar-refractivity contribution >= 4 is 11.8 Å². The third-order valence-corrected chi connectivity index (χ3v) is 9.03. The minimum absolute atomic E-state index is 0.0432. The fourth-order valence-corrected chi connectivity index (χ4v) is 7.69. The van der Waals surface area contributed by atoms with Gasteiger partial charge >= 0.3 is 5.97 Å². The smallest absolute Gasteiger partial charge is 0.302 e. The summed E-state index contributed by atoms with van der Waals surface area (Å²) in [4.78, 5) is 24.0. The van der Waals surface area contributed by atoms with Crippen molar-refractivity contribution in [3.05, 3.63) is 17.2 Å². The number of hydrogen-bond acceptors (Lipinski definition) is 3. The third-order valence-electron chi connectivity index (χ3n) is 9.03. The van der Waals surface area contributed by atoms with Gasteiger partial charge in [0, 0.05) is 19.3 Å². The number of carbonyl (C=O) groups excluding carboxylic acids is 2. The van der Waals surface area contributed by atoms with Crippen molar-refractivity contribution in [2.75, 3.05) is 6.54 Å². The van der Waals surface area contributed by atoms with E-state index in [1.54, 1.807) is 0 Å². The molecule has 0 heterocycles. The predicted molar refractivity (Wildman–Crippen MR) is 105 cm³/mol. The number of ether oxygens (including phenoxy) is 1. The van der Waals surface area contributed by atoms with Gasteiger partial charge in [-0.05, 0) is 73.5 Å². The van der Waals surface area contributed by atoms with Gasteiger partial charge in [-0.15, -0.1) is 0 Å². The van der Waals surface area contributed by atoms with E-state index in [0.717, 1.165) is 44.9 Å². The van der Waals surface area contributed by atoms with Crippen LogP contribution in [0.5, 0.6) is 0 Å². The summed E-state index contributed by atoms with van der Waals surface area (Å²) in [6, 6.07) is 0. The number of nitrogens with one attached hydrogen (secondary N) is 1. The van der Waals surface area contributed by atoms with Crippen LogP contribution in [0.25, 0.3) is 5.53 Å². The van der Waals surface area contributed by atoms with Gasteiger partial charge in [0.1, 0.15) is 6.10 Å². The fourth-order valence-electron chi connectivity index (χ4n) is 7.69. The van der Waals surface area contributed by atoms with Crippen molar-refractivity contribution in [1.82, 2.24) is 0 Å². The summed E-state index contributed by atoms with van der Waals surface area (Å²) in [5.41, 5.74) is 10.8. The van der Waals surface area contributed by atoms with E-state index in [9.17, 15) is 9.59 Å². The predicted octanol–water partition coefficient (Wildman–Crippen LogP) is 3.17. The molecule has 4 aliphatic rings. The Balaban J connectivity index is 1.56. The molecule has 5 heteroatoms. The van der Waals surface area contributed by atoms with Crippen molar-refractivity contribution in [2.45, 2.75) is 78.2 Å². The molecule has 154 valence electrons. The van der Waals surface area contributed by atoms with E-state index < -0.39 is 0 Å². The quantitative estimate of drug-likeness (QED) is 0.458. The Labute approximate surface area is 168 Å². The Hall–Kier alpha value is -1.52. The number of esters is 1. The fraction of sp³-hybridized carbons (Fsp3) is 0.826. The van der Waals surface area contributed by atoms with Crippen LogP contribution in [0, 0.1) is 34.5 Å². The van der Waals surface area contributed by atoms with E-state index in [1.807, 2.05) is 0 Å². The van der Waals surface area contributed by atoms with Crippen LogP contribution in [-0.2, 0) is 14.3 Å². The molecule has 0 spiro atoms. The summed E-state index contributed by atoms with van der Waals surface area (Å²) in [6.07, 6.45) is 10.9. The molecule has 0 aliphatic heterocycles. The van der Waals surface area contributed by atoms with Crippen LogP contribution in [-0.4, -0.2) is 24.4 Å². The number of rotatable bonds is 4. The van der Waals surface area contributed by atoms with Gasteiger partial charge in [-0.3, -0.25) is 9.59 Å². The first kappa shape index (κ1) is 19.8. The van der Waals surface area contributed by atoms with Gasteiger partial charge in [-0.1, -0.05) is 25.5 Å². The Bertz CT molecular complexity index is 717. The van der Waals surface area contributed by atoms with Crippen LogP contribution in [0.2, 0.25) is 0 Å². The Kier molecular flexibility index (Phi) is 4.99. The van der Waals surface area contributed by atoms with E-state index in [0.29, 0.717) is 17.8 Å². The lowest BCUT2D eigenvalue weighted by Crippen LogP contribution is -2.67. The molecule has 1 N–H and O–H groups in total. The zero-order valence-electron chi connectivity index (χ0n) is 17.5. The summed E-state index contributed by atoms with van der Waals surface area (Å²) < 4.78 is 5.53. The summed E-state index contributed by atoms with van der Waals surface area (Å²) >= 11 is 0. The number of hydrogen-bond donors (Lipinski definition) is 1. The van der Waals surface area contributed by atoms with Crippen LogP contribution in [0.4, 0.5) is 0 Å². The molecular formula is C23H34N2O3. The lowest BCUT2D eigenvalue weighted by Gasteiger charge is -2.58. The third kappa shape index (κ3) is 2.96. The second-order valence-corrected chi connectivity index (χ2v) is 10.2. The first-order valence-corrected chi connectivity index (χ1v) is 11.1. The molecule has 7 atom stereocenters. The minimum Gasteiger partial charge on any atom is -0.508 e. The largest absolute Gasteiger partial charge is 0.508 e. The first-order chi connectivity index (χ1) is 13.3. The summed E-state index contributed by atoms with van der Waals surface area (Å²) in [7, 11) is 0. The van der Waals surface area contributed by atoms with Crippen molar-refractivity contribution in [2.24, 2.45) is 34.5 Å². The first-order valence-electron chi connectivity index (χ1n) is 11.1. The maximum absolute atomic E-state index is 12.6. The molecule has 3 saturated carbocycles. The average Bonchev–Trinajstić information content (AvgIpc) is 2.99. The van der Waals surface area contributed by atoms with E-state index in [1.165, 1.54) is 18.9 Å². The average molecular weight is 387 g/mol. The summed E-state index contributed by atoms with van der Waals surface area (Å²) in [5.74, 6) is 2.00. The SMILES string of the molecule is CC(=O)O[C@H]1CC[C@@]2(C)C(=CC[C@H]3[C@@H]4CC[C@H](C(=O)C[NH+]=[N-])[C@@]4(C)CC[C@@H]32)C1. The van der Waals surface area contributed by atoms with Crippen LogP contribution < -0.4 is 5.11 Å². The highest BCUT2D eigenvalue weighted by Gasteiger charge is 2.60. The molecule has 0 amide bonds. The lowest BCUT2D eigenvalue weighted by atomic mass is 9.47. The van der Waals surface area contributed by atoms with E-state index in [4.69, 9.17) is 10.3 Å². The van der Waals surface area contributed by atoms with Gasteiger partial charge in [0.15, 0.2) is 12.3 Å². The van der Waals surface area contributed by atoms with Crippen molar-refractivity contribution in [3.8, 4) is 0 Å². The number of fused-ring (bicyclic) bond motifs is 5. The maximum atomic E-state index is 12.6. The molecule has 4 aliphatic carbocycles. The highest BCUT2D eigenvalue weighted by atomic mass is 16.5. The van der Waals surface area contributed by atoms with E-state index >= 15 is 0 Å². The number of Topliss-reactive ketones (excluding diaryl/α,β-unsaturated/α-hetero) is 1. The second-order valence-electron chi connectivity index (χ2n) is 10.2. The Morgan fingerprint density at radius 3 is 2.68 bits per heavy atom. The highest BCUT2D eigenvalue weighted by Crippen LogP contribution is 2.66. The molecule has 0 aromatic heterocycles. The zero-order valence-corrected chi connectivity index (χ0v) is 17.5. The molecule has 0 aromatic rings. The van der Waals surface area contributed by atoms with Gasteiger partial charge in [0.25, 0.3) is 0 Å². The van der Waals surface area contributed by atoms with Gasteiger partial charge < -0.3 is 15.4 Å². The summed E-state index contributed by atoms with van der Waals surface area (Å²) in [5, 5.41) is 2.08. The molecule has 4 rings (SSSR count). The van der Waals surface area contributed by atoms with Crippen LogP contribution in [0.1, 0.15) is 72.1 Å². The van der Waals surface area contributed by atoms with Gasteiger partial charge in [0.05, 0.1) is 0 Å². The topological polar surface area (TPSA) is 79.6 Å². The van der Waals surface area contributed by atoms with E-state index in [2.05, 4.69) is 25.0 Å². The molecule has 28 heavy (non-hydrogen) atoms. The maximum Gasteiger partial charge on any atom is 0.302 e. The van der Waals surface area contributed by atoms with E-state index in [-0.39, 0.29) is 41.1 Å². The van der Waals surface area contributed by atoms with Gasteiger partial charge in [-0.25, -0.2) is 0 Å². The molecular weight excluding hydrogens is 352 g/mol. The lowest BCUT2D eigenvalue weighted by molar-refractivity contribution is -0.468. The molecule has 0 saturated heterocycles. The molecule has 0 bridgehead atoms. The second kappa shape index (κ2) is 7.07. The van der Waals surface area contributed by atoms with Gasteiger partial charge in [0.2, 0.25) is 0 Å². The van der Waals surface area contributed by atoms with Crippen LogP contribution >= 0.6 is 0 Å².